The van der Waals surface area contributed by atoms with E-state index < -0.39 is 0 Å². The first-order valence-corrected chi connectivity index (χ1v) is 6.30. The molecule has 1 aliphatic carbocycles. The Bertz CT molecular complexity index is 344. The molecule has 0 bridgehead atoms. The fourth-order valence-corrected chi connectivity index (χ4v) is 2.83. The van der Waals surface area contributed by atoms with Gasteiger partial charge in [0.25, 0.3) is 0 Å². The van der Waals surface area contributed by atoms with Crippen molar-refractivity contribution >= 4 is 28.7 Å². The van der Waals surface area contributed by atoms with E-state index in [0.717, 1.165) is 15.0 Å². The summed E-state index contributed by atoms with van der Waals surface area (Å²) < 4.78 is 0.746. The van der Waals surface area contributed by atoms with Gasteiger partial charge >= 0.3 is 0 Å². The Labute approximate surface area is 92.9 Å². The predicted octanol–water partition coefficient (Wildman–Crippen LogP) is 3.19. The van der Waals surface area contributed by atoms with Gasteiger partial charge in [0, 0.05) is 6.04 Å². The van der Waals surface area contributed by atoms with Crippen molar-refractivity contribution in [1.82, 2.24) is 10.2 Å². The van der Waals surface area contributed by atoms with Crippen LogP contribution < -0.4 is 5.32 Å². The van der Waals surface area contributed by atoms with Crippen molar-refractivity contribution in [2.45, 2.75) is 38.6 Å². The van der Waals surface area contributed by atoms with Crippen LogP contribution in [0.4, 0.5) is 5.13 Å². The highest BCUT2D eigenvalue weighted by Crippen LogP contribution is 2.27. The van der Waals surface area contributed by atoms with E-state index in [4.69, 9.17) is 12.2 Å². The van der Waals surface area contributed by atoms with Crippen molar-refractivity contribution in [2.75, 3.05) is 5.32 Å². The van der Waals surface area contributed by atoms with E-state index in [0.29, 0.717) is 6.04 Å². The number of hydrogen-bond donors (Lipinski definition) is 2. The van der Waals surface area contributed by atoms with Gasteiger partial charge in [-0.25, -0.2) is 0 Å². The Morgan fingerprint density at radius 2 is 2.29 bits per heavy atom. The van der Waals surface area contributed by atoms with Gasteiger partial charge < -0.3 is 5.32 Å². The molecule has 0 aliphatic heterocycles. The number of aromatic nitrogens is 2. The minimum absolute atomic E-state index is 0.581. The van der Waals surface area contributed by atoms with E-state index in [1.807, 2.05) is 0 Å². The topological polar surface area (TPSA) is 40.7 Å². The summed E-state index contributed by atoms with van der Waals surface area (Å²) in [6.45, 7) is 2.31. The van der Waals surface area contributed by atoms with Gasteiger partial charge in [0.15, 0.2) is 3.95 Å². The summed E-state index contributed by atoms with van der Waals surface area (Å²) >= 11 is 6.51. The molecule has 5 heteroatoms. The zero-order valence-electron chi connectivity index (χ0n) is 8.25. The molecule has 1 aromatic rings. The molecular formula is C9H15N3S2. The third kappa shape index (κ3) is 2.33. The van der Waals surface area contributed by atoms with Gasteiger partial charge in [0.1, 0.15) is 0 Å². The predicted molar refractivity (Wildman–Crippen MR) is 62.3 cm³/mol. The van der Waals surface area contributed by atoms with Crippen LogP contribution in [0.2, 0.25) is 0 Å². The largest absolute Gasteiger partial charge is 0.357 e. The number of H-pyrrole nitrogens is 1. The molecule has 1 fully saturated rings. The Balaban J connectivity index is 1.99. The molecule has 1 aromatic heterocycles. The molecule has 1 heterocycles. The zero-order chi connectivity index (χ0) is 9.97. The smallest absolute Gasteiger partial charge is 0.204 e. The van der Waals surface area contributed by atoms with Gasteiger partial charge in [-0.3, -0.25) is 5.10 Å². The molecule has 1 saturated carbocycles. The van der Waals surface area contributed by atoms with Crippen LogP contribution in [-0.4, -0.2) is 16.2 Å². The van der Waals surface area contributed by atoms with Crippen molar-refractivity contribution in [2.24, 2.45) is 5.92 Å². The number of aromatic amines is 1. The Hall–Kier alpha value is -0.420. The molecule has 0 radical (unpaired) electrons. The SMILES string of the molecule is C[C@@H]1CCCC[C@H]1Nc1n[nH]c(=S)s1. The van der Waals surface area contributed by atoms with E-state index in [1.54, 1.807) is 0 Å². The maximum atomic E-state index is 4.99. The van der Waals surface area contributed by atoms with Crippen LogP contribution in [0.5, 0.6) is 0 Å². The molecule has 2 rings (SSSR count). The van der Waals surface area contributed by atoms with Gasteiger partial charge in [0.2, 0.25) is 5.13 Å². The highest BCUT2D eigenvalue weighted by atomic mass is 32.1. The van der Waals surface area contributed by atoms with Crippen LogP contribution in [0, 0.1) is 9.87 Å². The Kier molecular flexibility index (Phi) is 3.18. The first-order valence-electron chi connectivity index (χ1n) is 5.08. The molecule has 1 aliphatic rings. The third-order valence-electron chi connectivity index (χ3n) is 2.86. The molecule has 14 heavy (non-hydrogen) atoms. The van der Waals surface area contributed by atoms with Crippen LogP contribution >= 0.6 is 23.6 Å². The lowest BCUT2D eigenvalue weighted by Crippen LogP contribution is -2.30. The van der Waals surface area contributed by atoms with Crippen molar-refractivity contribution in [3.05, 3.63) is 3.95 Å². The van der Waals surface area contributed by atoms with Gasteiger partial charge in [-0.15, -0.1) is 5.10 Å². The van der Waals surface area contributed by atoms with E-state index in [-0.39, 0.29) is 0 Å². The summed E-state index contributed by atoms with van der Waals surface area (Å²) in [7, 11) is 0. The number of hydrogen-bond acceptors (Lipinski definition) is 4. The van der Waals surface area contributed by atoms with Crippen molar-refractivity contribution in [3.8, 4) is 0 Å². The molecule has 2 atom stereocenters. The van der Waals surface area contributed by atoms with Crippen molar-refractivity contribution in [1.29, 1.82) is 0 Å². The molecule has 3 nitrogen and oxygen atoms in total. The molecule has 0 spiro atoms. The molecular weight excluding hydrogens is 214 g/mol. The summed E-state index contributed by atoms with van der Waals surface area (Å²) in [5.41, 5.74) is 0. The third-order valence-corrected chi connectivity index (χ3v) is 3.88. The maximum Gasteiger partial charge on any atom is 0.204 e. The second kappa shape index (κ2) is 4.40. The Morgan fingerprint density at radius 3 is 2.93 bits per heavy atom. The average Bonchev–Trinajstić information content (AvgIpc) is 2.56. The normalized spacial score (nSPS) is 27.5. The Morgan fingerprint density at radius 1 is 1.50 bits per heavy atom. The van der Waals surface area contributed by atoms with Crippen LogP contribution in [0.25, 0.3) is 0 Å². The fraction of sp³-hybridized carbons (Fsp3) is 0.778. The minimum Gasteiger partial charge on any atom is -0.357 e. The van der Waals surface area contributed by atoms with Crippen LogP contribution in [0.15, 0.2) is 0 Å². The van der Waals surface area contributed by atoms with Crippen molar-refractivity contribution < 1.29 is 0 Å². The monoisotopic (exact) mass is 229 g/mol. The molecule has 2 N–H and O–H groups in total. The van der Waals surface area contributed by atoms with E-state index in [9.17, 15) is 0 Å². The minimum atomic E-state index is 0.581. The van der Waals surface area contributed by atoms with Crippen LogP contribution in [-0.2, 0) is 0 Å². The fourth-order valence-electron chi connectivity index (χ4n) is 1.98. The average molecular weight is 229 g/mol. The van der Waals surface area contributed by atoms with Crippen LogP contribution in [0.3, 0.4) is 0 Å². The number of rotatable bonds is 2. The summed E-state index contributed by atoms with van der Waals surface area (Å²) in [6, 6.07) is 0.581. The van der Waals surface area contributed by atoms with Gasteiger partial charge in [-0.1, -0.05) is 31.1 Å². The van der Waals surface area contributed by atoms with Crippen LogP contribution in [0.1, 0.15) is 32.6 Å². The molecule has 0 saturated heterocycles. The summed E-state index contributed by atoms with van der Waals surface area (Å²) in [6.07, 6.45) is 5.29. The van der Waals surface area contributed by atoms with Gasteiger partial charge in [-0.2, -0.15) is 0 Å². The second-order valence-corrected chi connectivity index (χ2v) is 5.60. The summed E-state index contributed by atoms with van der Waals surface area (Å²) in [5, 5.41) is 11.3. The lowest BCUT2D eigenvalue weighted by molar-refractivity contribution is 0.349. The zero-order valence-corrected chi connectivity index (χ0v) is 9.88. The molecule has 0 unspecified atom stereocenters. The first-order chi connectivity index (χ1) is 6.75. The standard InChI is InChI=1S/C9H15N3S2/c1-6-4-2-3-5-7(6)10-8-11-12-9(13)14-8/h6-7H,2-5H2,1H3,(H,10,11)(H,12,13)/t6-,7-/m1/s1. The van der Waals surface area contributed by atoms with E-state index in [2.05, 4.69) is 22.4 Å². The number of nitrogens with one attached hydrogen (secondary N) is 2. The van der Waals surface area contributed by atoms with Crippen molar-refractivity contribution in [3.63, 3.8) is 0 Å². The number of anilines is 1. The lowest BCUT2D eigenvalue weighted by Gasteiger charge is -2.29. The summed E-state index contributed by atoms with van der Waals surface area (Å²) in [5.74, 6) is 0.751. The number of nitrogens with zero attached hydrogens (tertiary/aromatic N) is 1. The van der Waals surface area contributed by atoms with Gasteiger partial charge in [-0.05, 0) is 31.0 Å². The lowest BCUT2D eigenvalue weighted by atomic mass is 9.86. The highest BCUT2D eigenvalue weighted by Gasteiger charge is 2.21. The van der Waals surface area contributed by atoms with E-state index in [1.165, 1.54) is 37.0 Å². The second-order valence-electron chi connectivity index (χ2n) is 3.93. The molecule has 0 aromatic carbocycles. The highest BCUT2D eigenvalue weighted by molar-refractivity contribution is 7.73. The summed E-state index contributed by atoms with van der Waals surface area (Å²) in [4.78, 5) is 0. The maximum absolute atomic E-state index is 4.99. The van der Waals surface area contributed by atoms with E-state index >= 15 is 0 Å². The first kappa shape index (κ1) is 10.1. The molecule has 78 valence electrons. The quantitative estimate of drug-likeness (QED) is 0.765. The molecule has 0 amide bonds. The van der Waals surface area contributed by atoms with Gasteiger partial charge in [0.05, 0.1) is 0 Å².